The average molecular weight is 631 g/mol. The number of hydrogen-bond acceptors (Lipinski definition) is 1. The Balaban J connectivity index is 1.23. The Kier molecular flexibility index (Phi) is 6.04. The second-order valence-corrected chi connectivity index (χ2v) is 13.1. The first-order valence-corrected chi connectivity index (χ1v) is 16.0. The zero-order chi connectivity index (χ0) is 32.8. The van der Waals surface area contributed by atoms with Crippen molar-refractivity contribution >= 4 is 32.6 Å². The number of alkyl halides is 3. The molecule has 5 heteroatoms. The molecule has 0 amide bonds. The number of aromatic nitrogens is 2. The molecular formula is C43H29F3N2. The van der Waals surface area contributed by atoms with Gasteiger partial charge in [0, 0.05) is 27.4 Å². The van der Waals surface area contributed by atoms with Crippen molar-refractivity contribution in [3.8, 4) is 39.3 Å². The maximum atomic E-state index is 13.6. The van der Waals surface area contributed by atoms with E-state index in [4.69, 9.17) is 4.98 Å². The second-order valence-electron chi connectivity index (χ2n) is 13.1. The molecule has 2 nitrogen and oxygen atoms in total. The van der Waals surface area contributed by atoms with Crippen LogP contribution in [-0.4, -0.2) is 9.55 Å². The predicted molar refractivity (Wildman–Crippen MR) is 190 cm³/mol. The van der Waals surface area contributed by atoms with Crippen molar-refractivity contribution in [3.05, 3.63) is 156 Å². The highest BCUT2D eigenvalue weighted by Gasteiger charge is 2.35. The molecule has 0 saturated carbocycles. The van der Waals surface area contributed by atoms with E-state index in [-0.39, 0.29) is 5.41 Å². The molecule has 0 N–H and O–H groups in total. The zero-order valence-electron chi connectivity index (χ0n) is 26.3. The lowest BCUT2D eigenvalue weighted by molar-refractivity contribution is -0.137. The maximum Gasteiger partial charge on any atom is 0.416 e. The Hall–Kier alpha value is -5.68. The van der Waals surface area contributed by atoms with Gasteiger partial charge < -0.3 is 0 Å². The fourth-order valence-electron chi connectivity index (χ4n) is 7.65. The monoisotopic (exact) mass is 630 g/mol. The quantitative estimate of drug-likeness (QED) is 0.178. The molecule has 0 aliphatic heterocycles. The maximum absolute atomic E-state index is 13.6. The van der Waals surface area contributed by atoms with Crippen LogP contribution in [0.3, 0.4) is 0 Å². The summed E-state index contributed by atoms with van der Waals surface area (Å²) in [6.45, 7) is 4.56. The van der Waals surface area contributed by atoms with Crippen molar-refractivity contribution in [3.63, 3.8) is 0 Å². The lowest BCUT2D eigenvalue weighted by Crippen LogP contribution is -2.14. The highest BCUT2D eigenvalue weighted by molar-refractivity contribution is 6.24. The molecule has 1 aromatic heterocycles. The van der Waals surface area contributed by atoms with Gasteiger partial charge in [-0.25, -0.2) is 4.98 Å². The molecule has 0 saturated heterocycles. The molecule has 48 heavy (non-hydrogen) atoms. The van der Waals surface area contributed by atoms with E-state index in [9.17, 15) is 13.2 Å². The molecule has 0 bridgehead atoms. The van der Waals surface area contributed by atoms with Gasteiger partial charge in [0.2, 0.25) is 0 Å². The van der Waals surface area contributed by atoms with Crippen molar-refractivity contribution in [2.24, 2.45) is 0 Å². The Morgan fingerprint density at radius 2 is 1.10 bits per heavy atom. The van der Waals surface area contributed by atoms with Gasteiger partial charge in [0.15, 0.2) is 0 Å². The Labute approximate surface area is 275 Å². The standard InChI is InChI=1S/C43H29F3N2/c1-42(2)37-14-8-7-11-33(37)34-24-19-28(25-38(34)42)26-15-17-27(18-16-26)41-47-39-35-12-5-3-9-31(35)32-10-4-6-13-36(32)40(39)48(41)30-22-20-29(21-23-30)43(44,45)46/h3-25H,1-2H3. The minimum Gasteiger partial charge on any atom is -0.292 e. The number of halogens is 3. The third-order valence-corrected chi connectivity index (χ3v) is 10.0. The molecule has 1 aliphatic carbocycles. The number of rotatable bonds is 3. The number of imidazole rings is 1. The topological polar surface area (TPSA) is 17.8 Å². The summed E-state index contributed by atoms with van der Waals surface area (Å²) in [5, 5.41) is 4.14. The second kappa shape index (κ2) is 10.2. The van der Waals surface area contributed by atoms with Gasteiger partial charge in [-0.1, -0.05) is 123 Å². The van der Waals surface area contributed by atoms with Gasteiger partial charge in [-0.05, 0) is 74.5 Å². The summed E-state index contributed by atoms with van der Waals surface area (Å²) in [5.74, 6) is 0.670. The summed E-state index contributed by atoms with van der Waals surface area (Å²) in [6.07, 6.45) is -4.42. The van der Waals surface area contributed by atoms with Crippen LogP contribution in [0.1, 0.15) is 30.5 Å². The van der Waals surface area contributed by atoms with Crippen LogP contribution in [0, 0.1) is 0 Å². The van der Waals surface area contributed by atoms with E-state index >= 15 is 0 Å². The van der Waals surface area contributed by atoms with Gasteiger partial charge in [-0.15, -0.1) is 0 Å². The van der Waals surface area contributed by atoms with Crippen LogP contribution < -0.4 is 0 Å². The lowest BCUT2D eigenvalue weighted by atomic mass is 9.81. The van der Waals surface area contributed by atoms with Gasteiger partial charge in [0.05, 0.1) is 16.6 Å². The van der Waals surface area contributed by atoms with Crippen molar-refractivity contribution < 1.29 is 13.2 Å². The largest absolute Gasteiger partial charge is 0.416 e. The number of nitrogens with zero attached hydrogens (tertiary/aromatic N) is 2. The van der Waals surface area contributed by atoms with Gasteiger partial charge in [-0.3, -0.25) is 4.57 Å². The van der Waals surface area contributed by atoms with E-state index in [0.29, 0.717) is 11.5 Å². The van der Waals surface area contributed by atoms with Crippen molar-refractivity contribution in [1.82, 2.24) is 9.55 Å². The predicted octanol–water partition coefficient (Wildman–Crippen LogP) is 12.0. The molecule has 232 valence electrons. The molecule has 1 heterocycles. The fourth-order valence-corrected chi connectivity index (χ4v) is 7.65. The van der Waals surface area contributed by atoms with E-state index in [1.807, 2.05) is 28.8 Å². The normalized spacial score (nSPS) is 13.7. The molecule has 0 fully saturated rings. The highest BCUT2D eigenvalue weighted by Crippen LogP contribution is 2.49. The minimum absolute atomic E-state index is 0.0973. The molecule has 1 aliphatic rings. The Morgan fingerprint density at radius 1 is 0.542 bits per heavy atom. The van der Waals surface area contributed by atoms with Crippen LogP contribution in [-0.2, 0) is 11.6 Å². The van der Waals surface area contributed by atoms with Crippen LogP contribution in [0.15, 0.2) is 140 Å². The zero-order valence-corrected chi connectivity index (χ0v) is 26.3. The Morgan fingerprint density at radius 3 is 1.81 bits per heavy atom. The van der Waals surface area contributed by atoms with Gasteiger partial charge >= 0.3 is 6.18 Å². The van der Waals surface area contributed by atoms with Crippen LogP contribution >= 0.6 is 0 Å². The smallest absolute Gasteiger partial charge is 0.292 e. The van der Waals surface area contributed by atoms with E-state index in [2.05, 4.69) is 105 Å². The fraction of sp³-hybridized carbons (Fsp3) is 0.0930. The van der Waals surface area contributed by atoms with Crippen LogP contribution in [0.25, 0.3) is 71.9 Å². The SMILES string of the molecule is CC1(C)c2ccccc2-c2ccc(-c3ccc(-c4nc5c6ccccc6c6ccccc6c5n4-c4ccc(C(F)(F)F)cc4)cc3)cc21. The minimum atomic E-state index is -4.42. The molecule has 0 unspecified atom stereocenters. The van der Waals surface area contributed by atoms with Crippen molar-refractivity contribution in [2.45, 2.75) is 25.4 Å². The van der Waals surface area contributed by atoms with Crippen molar-refractivity contribution in [1.29, 1.82) is 0 Å². The average Bonchev–Trinajstić information content (AvgIpc) is 3.62. The highest BCUT2D eigenvalue weighted by atomic mass is 19.4. The summed E-state index contributed by atoms with van der Waals surface area (Å²) in [7, 11) is 0. The molecular weight excluding hydrogens is 601 g/mol. The van der Waals surface area contributed by atoms with Gasteiger partial charge in [-0.2, -0.15) is 13.2 Å². The molecule has 9 rings (SSSR count). The summed E-state index contributed by atoms with van der Waals surface area (Å²) in [5.41, 5.74) is 9.83. The summed E-state index contributed by atoms with van der Waals surface area (Å²) >= 11 is 0. The summed E-state index contributed by atoms with van der Waals surface area (Å²) in [4.78, 5) is 5.24. The van der Waals surface area contributed by atoms with E-state index in [0.717, 1.165) is 61.4 Å². The van der Waals surface area contributed by atoms with Gasteiger partial charge in [0.25, 0.3) is 0 Å². The summed E-state index contributed by atoms with van der Waals surface area (Å²) in [6, 6.07) is 45.4. The third kappa shape index (κ3) is 4.17. The number of fused-ring (bicyclic) bond motifs is 9. The third-order valence-electron chi connectivity index (χ3n) is 10.0. The molecule has 8 aromatic rings. The molecule has 7 aromatic carbocycles. The van der Waals surface area contributed by atoms with Gasteiger partial charge in [0.1, 0.15) is 5.82 Å². The first kappa shape index (κ1) is 28.5. The number of hydrogen-bond donors (Lipinski definition) is 0. The first-order valence-electron chi connectivity index (χ1n) is 16.0. The number of benzene rings is 7. The first-order chi connectivity index (χ1) is 23.2. The van der Waals surface area contributed by atoms with Crippen LogP contribution in [0.4, 0.5) is 13.2 Å². The van der Waals surface area contributed by atoms with Crippen LogP contribution in [0.5, 0.6) is 0 Å². The Bertz CT molecular complexity index is 2550. The van der Waals surface area contributed by atoms with E-state index < -0.39 is 11.7 Å². The van der Waals surface area contributed by atoms with Crippen molar-refractivity contribution in [2.75, 3.05) is 0 Å². The van der Waals surface area contributed by atoms with E-state index in [1.165, 1.54) is 34.4 Å². The van der Waals surface area contributed by atoms with E-state index in [1.54, 1.807) is 0 Å². The molecule has 0 atom stereocenters. The summed E-state index contributed by atoms with van der Waals surface area (Å²) < 4.78 is 42.8. The molecule has 0 radical (unpaired) electrons. The lowest BCUT2D eigenvalue weighted by Gasteiger charge is -2.22. The molecule has 0 spiro atoms. The van der Waals surface area contributed by atoms with Crippen LogP contribution in [0.2, 0.25) is 0 Å².